The number of benzene rings is 2. The van der Waals surface area contributed by atoms with Crippen molar-refractivity contribution in [3.63, 3.8) is 0 Å². The molecule has 0 saturated heterocycles. The summed E-state index contributed by atoms with van der Waals surface area (Å²) in [5, 5.41) is 15.6. The Morgan fingerprint density at radius 1 is 1.22 bits per heavy atom. The Balaban J connectivity index is 1.80. The molecule has 8 nitrogen and oxygen atoms in total. The number of nitrogens with one attached hydrogen (secondary N) is 1. The van der Waals surface area contributed by atoms with Gasteiger partial charge in [-0.1, -0.05) is 6.08 Å². The van der Waals surface area contributed by atoms with Crippen molar-refractivity contribution in [3.05, 3.63) is 75.2 Å². The summed E-state index contributed by atoms with van der Waals surface area (Å²) in [6.07, 6.45) is 3.90. The SMILES string of the molecule is C=CCc1cc(/C=N\NC(=O)c2cc3cc([N+](=O)[O-])ccc3s2)cc(OCC)c1OCC. The van der Waals surface area contributed by atoms with E-state index in [0.717, 1.165) is 15.8 Å². The number of hydrogen-bond donors (Lipinski definition) is 1. The summed E-state index contributed by atoms with van der Waals surface area (Å²) in [6.45, 7) is 8.58. The van der Waals surface area contributed by atoms with Crippen LogP contribution in [0.5, 0.6) is 11.5 Å². The minimum absolute atomic E-state index is 0.0174. The van der Waals surface area contributed by atoms with Gasteiger partial charge in [-0.25, -0.2) is 5.43 Å². The number of hydrogen-bond acceptors (Lipinski definition) is 7. The van der Waals surface area contributed by atoms with Crippen molar-refractivity contribution in [1.29, 1.82) is 0 Å². The number of thiophene rings is 1. The maximum atomic E-state index is 12.5. The molecule has 32 heavy (non-hydrogen) atoms. The highest BCUT2D eigenvalue weighted by Gasteiger charge is 2.14. The van der Waals surface area contributed by atoms with Gasteiger partial charge < -0.3 is 9.47 Å². The van der Waals surface area contributed by atoms with Crippen LogP contribution in [0.4, 0.5) is 5.69 Å². The van der Waals surface area contributed by atoms with Crippen molar-refractivity contribution in [2.45, 2.75) is 20.3 Å². The third-order valence-electron chi connectivity index (χ3n) is 4.42. The van der Waals surface area contributed by atoms with E-state index in [0.29, 0.717) is 41.4 Å². The molecule has 0 atom stereocenters. The maximum absolute atomic E-state index is 12.5. The summed E-state index contributed by atoms with van der Waals surface area (Å²) in [5.74, 6) is 0.884. The first kappa shape index (κ1) is 23.0. The van der Waals surface area contributed by atoms with Gasteiger partial charge >= 0.3 is 0 Å². The number of nitro benzene ring substituents is 1. The molecule has 0 unspecified atom stereocenters. The van der Waals surface area contributed by atoms with Crippen molar-refractivity contribution in [2.24, 2.45) is 5.10 Å². The maximum Gasteiger partial charge on any atom is 0.281 e. The molecule has 0 fully saturated rings. The van der Waals surface area contributed by atoms with Gasteiger partial charge in [0.1, 0.15) is 0 Å². The Hall–Kier alpha value is -3.72. The number of carbonyl (C=O) groups excluding carboxylic acids is 1. The summed E-state index contributed by atoms with van der Waals surface area (Å²) in [4.78, 5) is 23.4. The molecule has 0 radical (unpaired) electrons. The van der Waals surface area contributed by atoms with Gasteiger partial charge in [-0.05, 0) is 50.1 Å². The standard InChI is InChI=1S/C23H23N3O5S/c1-4-7-16-10-15(11-19(30-5-2)22(16)31-6-3)14-24-25-23(27)21-13-17-12-18(26(28)29)8-9-20(17)32-21/h4,8-14H,1,5-7H2,2-3H3,(H,25,27)/b24-14-. The number of fused-ring (bicyclic) bond motifs is 1. The van der Waals surface area contributed by atoms with Gasteiger partial charge in [0, 0.05) is 27.8 Å². The fourth-order valence-corrected chi connectivity index (χ4v) is 4.05. The molecule has 1 amide bonds. The lowest BCUT2D eigenvalue weighted by atomic mass is 10.1. The van der Waals surface area contributed by atoms with Crippen LogP contribution in [-0.2, 0) is 6.42 Å². The quantitative estimate of drug-likeness (QED) is 0.199. The van der Waals surface area contributed by atoms with Crippen LogP contribution in [-0.4, -0.2) is 30.3 Å². The number of rotatable bonds is 10. The lowest BCUT2D eigenvalue weighted by Gasteiger charge is -2.15. The van der Waals surface area contributed by atoms with Crippen LogP contribution >= 0.6 is 11.3 Å². The number of ether oxygens (including phenoxy) is 2. The average molecular weight is 454 g/mol. The highest BCUT2D eigenvalue weighted by molar-refractivity contribution is 7.20. The highest BCUT2D eigenvalue weighted by atomic mass is 32.1. The molecule has 166 valence electrons. The predicted molar refractivity (Wildman–Crippen MR) is 126 cm³/mol. The number of nitrogens with zero attached hydrogens (tertiary/aromatic N) is 2. The second-order valence-corrected chi connectivity index (χ2v) is 7.74. The van der Waals surface area contributed by atoms with Gasteiger partial charge in [0.15, 0.2) is 11.5 Å². The molecule has 0 aliphatic carbocycles. The molecule has 1 N–H and O–H groups in total. The van der Waals surface area contributed by atoms with Crippen molar-refractivity contribution < 1.29 is 19.2 Å². The Kier molecular flexibility index (Phi) is 7.56. The molecule has 2 aromatic carbocycles. The number of allylic oxidation sites excluding steroid dienone is 1. The van der Waals surface area contributed by atoms with Crippen molar-refractivity contribution in [3.8, 4) is 11.5 Å². The van der Waals surface area contributed by atoms with E-state index in [4.69, 9.17) is 9.47 Å². The molecule has 1 aromatic heterocycles. The van der Waals surface area contributed by atoms with E-state index in [9.17, 15) is 14.9 Å². The molecule has 9 heteroatoms. The van der Waals surface area contributed by atoms with E-state index in [2.05, 4.69) is 17.1 Å². The van der Waals surface area contributed by atoms with Crippen LogP contribution in [0.25, 0.3) is 10.1 Å². The molecule has 0 saturated carbocycles. The van der Waals surface area contributed by atoms with E-state index in [1.54, 1.807) is 24.3 Å². The zero-order chi connectivity index (χ0) is 23.1. The first-order valence-electron chi connectivity index (χ1n) is 10.0. The van der Waals surface area contributed by atoms with Crippen molar-refractivity contribution >= 4 is 39.2 Å². The van der Waals surface area contributed by atoms with Crippen LogP contribution in [0, 0.1) is 10.1 Å². The molecule has 3 rings (SSSR count). The minimum Gasteiger partial charge on any atom is -0.490 e. The van der Waals surface area contributed by atoms with E-state index < -0.39 is 10.8 Å². The molecular formula is C23H23N3O5S. The Labute approximate surface area is 189 Å². The smallest absolute Gasteiger partial charge is 0.281 e. The largest absolute Gasteiger partial charge is 0.490 e. The van der Waals surface area contributed by atoms with Crippen LogP contribution in [0.1, 0.15) is 34.6 Å². The van der Waals surface area contributed by atoms with Gasteiger partial charge in [-0.2, -0.15) is 5.10 Å². The fraction of sp³-hybridized carbons (Fsp3) is 0.217. The third kappa shape index (κ3) is 5.30. The third-order valence-corrected chi connectivity index (χ3v) is 5.54. The van der Waals surface area contributed by atoms with Gasteiger partial charge in [0.2, 0.25) is 0 Å². The summed E-state index contributed by atoms with van der Waals surface area (Å²) >= 11 is 1.24. The van der Waals surface area contributed by atoms with Crippen LogP contribution in [0.15, 0.2) is 54.2 Å². The van der Waals surface area contributed by atoms with Crippen molar-refractivity contribution in [2.75, 3.05) is 13.2 Å². The summed E-state index contributed by atoms with van der Waals surface area (Å²) in [6, 6.07) is 9.82. The van der Waals surface area contributed by atoms with E-state index >= 15 is 0 Å². The molecule has 0 spiro atoms. The van der Waals surface area contributed by atoms with E-state index in [-0.39, 0.29) is 5.69 Å². The first-order chi connectivity index (χ1) is 15.5. The van der Waals surface area contributed by atoms with Gasteiger partial charge in [-0.3, -0.25) is 14.9 Å². The number of nitro groups is 1. The van der Waals surface area contributed by atoms with E-state index in [1.165, 1.54) is 29.7 Å². The molecule has 1 heterocycles. The second-order valence-electron chi connectivity index (χ2n) is 6.66. The lowest BCUT2D eigenvalue weighted by Crippen LogP contribution is -2.16. The summed E-state index contributed by atoms with van der Waals surface area (Å²) < 4.78 is 12.3. The van der Waals surface area contributed by atoms with E-state index in [1.807, 2.05) is 19.9 Å². The number of carbonyl (C=O) groups is 1. The number of hydrazone groups is 1. The lowest BCUT2D eigenvalue weighted by molar-refractivity contribution is -0.384. The molecule has 0 bridgehead atoms. The van der Waals surface area contributed by atoms with Crippen LogP contribution in [0.2, 0.25) is 0 Å². The monoisotopic (exact) mass is 453 g/mol. The van der Waals surface area contributed by atoms with Gasteiger partial charge in [0.25, 0.3) is 11.6 Å². The summed E-state index contributed by atoms with van der Waals surface area (Å²) in [7, 11) is 0. The first-order valence-corrected chi connectivity index (χ1v) is 10.8. The van der Waals surface area contributed by atoms with Crippen molar-refractivity contribution in [1.82, 2.24) is 5.43 Å². The fourth-order valence-electron chi connectivity index (χ4n) is 3.11. The summed E-state index contributed by atoms with van der Waals surface area (Å²) in [5.41, 5.74) is 4.13. The Morgan fingerprint density at radius 3 is 2.69 bits per heavy atom. The second kappa shape index (κ2) is 10.5. The Morgan fingerprint density at radius 2 is 2.00 bits per heavy atom. The van der Waals surface area contributed by atoms with Crippen LogP contribution < -0.4 is 14.9 Å². The zero-order valence-electron chi connectivity index (χ0n) is 17.8. The molecule has 3 aromatic rings. The number of amides is 1. The van der Waals surface area contributed by atoms with Gasteiger partial charge in [-0.15, -0.1) is 17.9 Å². The highest BCUT2D eigenvalue weighted by Crippen LogP contribution is 2.33. The number of non-ortho nitro benzene ring substituents is 1. The zero-order valence-corrected chi connectivity index (χ0v) is 18.6. The molecular weight excluding hydrogens is 430 g/mol. The molecule has 0 aliphatic heterocycles. The van der Waals surface area contributed by atoms with Gasteiger partial charge in [0.05, 0.1) is 29.2 Å². The topological polar surface area (TPSA) is 103 Å². The molecule has 0 aliphatic rings. The minimum atomic E-state index is -0.463. The van der Waals surface area contributed by atoms with Crippen LogP contribution in [0.3, 0.4) is 0 Å². The predicted octanol–water partition coefficient (Wildman–Crippen LogP) is 5.10. The normalized spacial score (nSPS) is 10.9. The average Bonchev–Trinajstić information content (AvgIpc) is 3.20. The Bertz CT molecular complexity index is 1190.